The Morgan fingerprint density at radius 1 is 1.21 bits per heavy atom. The molecule has 8 nitrogen and oxygen atoms in total. The number of likely N-dealkylation sites (tertiary alicyclic amines) is 1. The van der Waals surface area contributed by atoms with Gasteiger partial charge in [0, 0.05) is 24.1 Å². The molecule has 3 N–H and O–H groups in total. The molecule has 8 heteroatoms. The summed E-state index contributed by atoms with van der Waals surface area (Å²) in [4.78, 5) is 26.3. The van der Waals surface area contributed by atoms with Gasteiger partial charge in [-0.15, -0.1) is 0 Å². The molecule has 0 saturated carbocycles. The summed E-state index contributed by atoms with van der Waals surface area (Å²) in [6.45, 7) is 4.99. The van der Waals surface area contributed by atoms with Crippen LogP contribution in [0.5, 0.6) is 11.5 Å². The molecule has 0 aromatic heterocycles. The van der Waals surface area contributed by atoms with E-state index in [2.05, 4.69) is 24.1 Å². The van der Waals surface area contributed by atoms with Crippen LogP contribution < -0.4 is 10.1 Å². The number of anilines is 1. The maximum Gasteiger partial charge on any atom is 0.337 e. The summed E-state index contributed by atoms with van der Waals surface area (Å²) in [5.41, 5.74) is 0.775. The number of aromatic hydroxyl groups is 1. The summed E-state index contributed by atoms with van der Waals surface area (Å²) in [6.07, 6.45) is 1.42. The Balaban J connectivity index is 1.32. The van der Waals surface area contributed by atoms with Crippen molar-refractivity contribution in [2.24, 2.45) is 5.92 Å². The molecule has 4 atom stereocenters. The van der Waals surface area contributed by atoms with Crippen molar-refractivity contribution in [1.29, 1.82) is 0 Å². The molecular formula is C25H28N2O6. The largest absolute Gasteiger partial charge is 0.508 e. The lowest BCUT2D eigenvalue weighted by Crippen LogP contribution is -2.54. The van der Waals surface area contributed by atoms with Crippen LogP contribution in [-0.2, 0) is 9.53 Å². The van der Waals surface area contributed by atoms with Crippen LogP contribution in [0.1, 0.15) is 48.7 Å². The van der Waals surface area contributed by atoms with Crippen molar-refractivity contribution in [1.82, 2.24) is 4.90 Å². The normalized spacial score (nSPS) is 27.6. The number of phenolic OH excluding ortho intramolecular Hbond substituents is 1. The minimum atomic E-state index is -1.08. The van der Waals surface area contributed by atoms with Gasteiger partial charge < -0.3 is 25.0 Å². The van der Waals surface area contributed by atoms with Crippen LogP contribution in [0.2, 0.25) is 0 Å². The highest BCUT2D eigenvalue weighted by atomic mass is 16.5. The number of fused-ring (bicyclic) bond motifs is 4. The summed E-state index contributed by atoms with van der Waals surface area (Å²) in [6, 6.07) is 11.6. The van der Waals surface area contributed by atoms with Gasteiger partial charge in [-0.05, 0) is 57.0 Å². The Morgan fingerprint density at radius 2 is 2.00 bits per heavy atom. The van der Waals surface area contributed by atoms with Crippen LogP contribution in [0.15, 0.2) is 42.5 Å². The fraction of sp³-hybridized carbons (Fsp3) is 0.440. The highest BCUT2D eigenvalue weighted by molar-refractivity contribution is 6.01. The van der Waals surface area contributed by atoms with Gasteiger partial charge in [-0.25, -0.2) is 4.79 Å². The number of carbonyl (C=O) groups excluding carboxylic acids is 1. The zero-order valence-corrected chi connectivity index (χ0v) is 18.7. The number of rotatable bonds is 4. The van der Waals surface area contributed by atoms with E-state index in [0.29, 0.717) is 5.69 Å². The van der Waals surface area contributed by atoms with E-state index in [1.807, 2.05) is 0 Å². The highest BCUT2D eigenvalue weighted by Gasteiger charge is 2.53. The minimum Gasteiger partial charge on any atom is -0.508 e. The van der Waals surface area contributed by atoms with E-state index in [-0.39, 0.29) is 47.9 Å². The van der Waals surface area contributed by atoms with Crippen molar-refractivity contribution >= 4 is 17.6 Å². The molecule has 1 amide bonds. The Labute approximate surface area is 192 Å². The van der Waals surface area contributed by atoms with E-state index < -0.39 is 11.6 Å². The highest BCUT2D eigenvalue weighted by Crippen LogP contribution is 2.53. The number of carboxylic acid groups (broad SMARTS) is 1. The molecule has 3 aliphatic heterocycles. The lowest BCUT2D eigenvalue weighted by molar-refractivity contribution is -0.162. The number of nitrogens with one attached hydrogen (secondary N) is 1. The number of aromatic carboxylic acids is 1. The first-order chi connectivity index (χ1) is 15.7. The molecule has 2 fully saturated rings. The van der Waals surface area contributed by atoms with Gasteiger partial charge in [0.2, 0.25) is 5.91 Å². The van der Waals surface area contributed by atoms with Gasteiger partial charge in [0.1, 0.15) is 17.1 Å². The van der Waals surface area contributed by atoms with E-state index in [0.717, 1.165) is 30.7 Å². The lowest BCUT2D eigenvalue weighted by atomic mass is 9.74. The topological polar surface area (TPSA) is 108 Å². The Kier molecular flexibility index (Phi) is 5.29. The predicted octanol–water partition coefficient (Wildman–Crippen LogP) is 3.42. The zero-order chi connectivity index (χ0) is 23.3. The van der Waals surface area contributed by atoms with E-state index in [4.69, 9.17) is 9.47 Å². The number of phenols is 1. The van der Waals surface area contributed by atoms with E-state index in [9.17, 15) is 19.8 Å². The Bertz CT molecular complexity index is 1100. The second kappa shape index (κ2) is 8.04. The Hall–Kier alpha value is -3.10. The maximum atomic E-state index is 12.8. The molecule has 3 heterocycles. The summed E-state index contributed by atoms with van der Waals surface area (Å²) >= 11 is 0. The van der Waals surface area contributed by atoms with Crippen molar-refractivity contribution in [3.8, 4) is 11.5 Å². The SMILES string of the molecule is CC1(C)Oc2ccc(O)cc2[C@@H]2O[C@@H]3CCN(CC(=O)Nc4ccccc4C(=O)O)[C@H]3C[C@H]21. The average Bonchev–Trinajstić information content (AvgIpc) is 3.15. The van der Waals surface area contributed by atoms with E-state index in [1.165, 1.54) is 6.07 Å². The van der Waals surface area contributed by atoms with Gasteiger partial charge in [-0.2, -0.15) is 0 Å². The number of ether oxygens (including phenoxy) is 2. The molecule has 0 bridgehead atoms. The van der Waals surface area contributed by atoms with Crippen LogP contribution in [0.25, 0.3) is 0 Å². The first-order valence-corrected chi connectivity index (χ1v) is 11.3. The number of amides is 1. The number of para-hydroxylation sites is 1. The molecule has 0 spiro atoms. The predicted molar refractivity (Wildman–Crippen MR) is 121 cm³/mol. The second-order valence-electron chi connectivity index (χ2n) is 9.59. The number of hydrogen-bond acceptors (Lipinski definition) is 6. The number of carboxylic acids is 1. The molecule has 0 radical (unpaired) electrons. The molecular weight excluding hydrogens is 424 g/mol. The molecule has 33 heavy (non-hydrogen) atoms. The quantitative estimate of drug-likeness (QED) is 0.652. The summed E-state index contributed by atoms with van der Waals surface area (Å²) in [5, 5.41) is 22.1. The molecule has 0 aliphatic carbocycles. The molecule has 174 valence electrons. The monoisotopic (exact) mass is 452 g/mol. The fourth-order valence-electron chi connectivity index (χ4n) is 5.51. The van der Waals surface area contributed by atoms with Crippen molar-refractivity contribution in [2.45, 2.75) is 50.5 Å². The van der Waals surface area contributed by atoms with Crippen LogP contribution in [0.4, 0.5) is 5.69 Å². The van der Waals surface area contributed by atoms with Gasteiger partial charge in [0.15, 0.2) is 0 Å². The molecule has 0 unspecified atom stereocenters. The first-order valence-electron chi connectivity index (χ1n) is 11.3. The third-order valence-corrected chi connectivity index (χ3v) is 7.13. The van der Waals surface area contributed by atoms with E-state index in [1.54, 1.807) is 36.4 Å². The summed E-state index contributed by atoms with van der Waals surface area (Å²) < 4.78 is 12.8. The third-order valence-electron chi connectivity index (χ3n) is 7.13. The molecule has 3 aliphatic rings. The average molecular weight is 453 g/mol. The molecule has 2 aromatic rings. The van der Waals surface area contributed by atoms with Crippen LogP contribution >= 0.6 is 0 Å². The Morgan fingerprint density at radius 3 is 2.79 bits per heavy atom. The van der Waals surface area contributed by atoms with Gasteiger partial charge in [0.05, 0.1) is 30.0 Å². The lowest BCUT2D eigenvalue weighted by Gasteiger charge is -2.50. The number of nitrogens with zero attached hydrogens (tertiary/aromatic N) is 1. The zero-order valence-electron chi connectivity index (χ0n) is 18.7. The number of hydrogen-bond donors (Lipinski definition) is 3. The van der Waals surface area contributed by atoms with Crippen molar-refractivity contribution < 1.29 is 29.3 Å². The van der Waals surface area contributed by atoms with Crippen molar-refractivity contribution in [3.05, 3.63) is 53.6 Å². The number of carbonyl (C=O) groups is 2. The third kappa shape index (κ3) is 3.94. The number of benzene rings is 2. The van der Waals surface area contributed by atoms with Crippen molar-refractivity contribution in [3.63, 3.8) is 0 Å². The van der Waals surface area contributed by atoms with Gasteiger partial charge in [-0.3, -0.25) is 9.69 Å². The van der Waals surface area contributed by atoms with Crippen LogP contribution in [0.3, 0.4) is 0 Å². The smallest absolute Gasteiger partial charge is 0.337 e. The molecule has 5 rings (SSSR count). The second-order valence-corrected chi connectivity index (χ2v) is 9.59. The van der Waals surface area contributed by atoms with E-state index >= 15 is 0 Å². The van der Waals surface area contributed by atoms with Crippen LogP contribution in [-0.4, -0.2) is 57.8 Å². The standard InChI is InChI=1S/C25H28N2O6/c1-25(2)17-12-19-21(32-23(17)16-11-14(28)7-8-20(16)33-25)9-10-27(19)13-22(29)26-18-6-4-3-5-15(18)24(30)31/h3-8,11,17,19,21,23,28H,9-10,12-13H2,1-2H3,(H,26,29)(H,30,31)/t17-,19+,21-,23+/m1/s1. The molecule has 2 saturated heterocycles. The van der Waals surface area contributed by atoms with Gasteiger partial charge in [-0.1, -0.05) is 12.1 Å². The minimum absolute atomic E-state index is 0.0190. The maximum absolute atomic E-state index is 12.8. The first kappa shape index (κ1) is 21.7. The van der Waals surface area contributed by atoms with Gasteiger partial charge >= 0.3 is 5.97 Å². The van der Waals surface area contributed by atoms with Crippen molar-refractivity contribution in [2.75, 3.05) is 18.4 Å². The van der Waals surface area contributed by atoms with Crippen LogP contribution in [0, 0.1) is 5.92 Å². The molecule has 2 aromatic carbocycles. The van der Waals surface area contributed by atoms with Gasteiger partial charge in [0.25, 0.3) is 0 Å². The summed E-state index contributed by atoms with van der Waals surface area (Å²) in [5.74, 6) is -0.341. The summed E-state index contributed by atoms with van der Waals surface area (Å²) in [7, 11) is 0. The fourth-order valence-corrected chi connectivity index (χ4v) is 5.51.